The number of amides is 3. The third kappa shape index (κ3) is 4.36. The molecule has 1 aromatic carbocycles. The average Bonchev–Trinajstić information content (AvgIpc) is 3.25. The zero-order valence-electron chi connectivity index (χ0n) is 25.3. The maximum Gasteiger partial charge on any atom is 0.253 e. The summed E-state index contributed by atoms with van der Waals surface area (Å²) < 4.78 is 7.08. The van der Waals surface area contributed by atoms with Crippen molar-refractivity contribution in [3.05, 3.63) is 53.6 Å². The van der Waals surface area contributed by atoms with E-state index in [1.54, 1.807) is 9.80 Å². The summed E-state index contributed by atoms with van der Waals surface area (Å²) in [7, 11) is 0. The van der Waals surface area contributed by atoms with E-state index in [0.717, 1.165) is 29.7 Å². The quantitative estimate of drug-likeness (QED) is 0.487. The number of rotatable bonds is 8. The Morgan fingerprint density at radius 1 is 1.00 bits per heavy atom. The molecule has 7 atom stereocenters. The Morgan fingerprint density at radius 2 is 1.73 bits per heavy atom. The van der Waals surface area contributed by atoms with Gasteiger partial charge in [0.25, 0.3) is 5.91 Å². The molecule has 4 aliphatic heterocycles. The minimum Gasteiger partial charge on any atom is -0.394 e. The number of likely N-dealkylation sites (tertiary alicyclic amines) is 1. The molecule has 0 aliphatic carbocycles. The molecule has 41 heavy (non-hydrogen) atoms. The highest BCUT2D eigenvalue weighted by atomic mass is 16.5. The lowest BCUT2D eigenvalue weighted by Gasteiger charge is -2.42. The van der Waals surface area contributed by atoms with Crippen LogP contribution >= 0.6 is 0 Å². The van der Waals surface area contributed by atoms with Crippen LogP contribution in [0.25, 0.3) is 0 Å². The lowest BCUT2D eigenvalue weighted by Crippen LogP contribution is -2.60. The Morgan fingerprint density at radius 3 is 2.39 bits per heavy atom. The lowest BCUT2D eigenvalue weighted by molar-refractivity contribution is -0.153. The van der Waals surface area contributed by atoms with Crippen molar-refractivity contribution in [3.63, 3.8) is 0 Å². The number of fused-ring (bicyclic) bond motifs is 2. The van der Waals surface area contributed by atoms with Crippen LogP contribution < -0.4 is 4.90 Å². The van der Waals surface area contributed by atoms with Gasteiger partial charge in [-0.2, -0.15) is 0 Å². The van der Waals surface area contributed by atoms with Crippen molar-refractivity contribution in [2.45, 2.75) is 84.1 Å². The van der Waals surface area contributed by atoms with Crippen LogP contribution in [0.5, 0.6) is 0 Å². The standard InChI is InChI=1S/C33H45N3O5/c1-7-16-34-17-10-14-32(9-3)26(29(34)38)27-30(39)36(25(20-37)22(5)8-2)28-31(40)35(18-11-15-33(27,28)41-32)24-19-21(4)12-13-23(24)6/h10-15,19,22,25-28,37H,7-9,16-18,20H2,1-6H3/t22-,25-,26-,27-,28?,32+,33-/m0/s1. The number of carbonyl (C=O) groups excluding carboxylic acids is 3. The van der Waals surface area contributed by atoms with Gasteiger partial charge in [0.2, 0.25) is 11.8 Å². The first-order chi connectivity index (χ1) is 19.6. The Labute approximate surface area is 244 Å². The van der Waals surface area contributed by atoms with Gasteiger partial charge in [0, 0.05) is 25.3 Å². The molecule has 8 nitrogen and oxygen atoms in total. The molecule has 4 aliphatic rings. The first kappa shape index (κ1) is 29.5. The smallest absolute Gasteiger partial charge is 0.253 e. The molecule has 3 amide bonds. The molecule has 4 heterocycles. The number of hydrogen-bond donors (Lipinski definition) is 1. The molecule has 0 aromatic heterocycles. The van der Waals surface area contributed by atoms with Crippen LogP contribution in [0.4, 0.5) is 5.69 Å². The van der Waals surface area contributed by atoms with Gasteiger partial charge in [0.05, 0.1) is 30.1 Å². The van der Waals surface area contributed by atoms with Crippen LogP contribution in [0.3, 0.4) is 0 Å². The molecular formula is C33H45N3O5. The molecule has 0 bridgehead atoms. The molecule has 0 saturated carbocycles. The number of hydrogen-bond acceptors (Lipinski definition) is 5. The number of nitrogens with zero attached hydrogens (tertiary/aromatic N) is 3. The second kappa shape index (κ2) is 11.0. The van der Waals surface area contributed by atoms with Gasteiger partial charge in [-0.15, -0.1) is 0 Å². The van der Waals surface area contributed by atoms with Crippen LogP contribution in [0.15, 0.2) is 42.5 Å². The van der Waals surface area contributed by atoms with Crippen molar-refractivity contribution >= 4 is 23.4 Å². The topological polar surface area (TPSA) is 90.4 Å². The van der Waals surface area contributed by atoms with Gasteiger partial charge in [-0.25, -0.2) is 0 Å². The van der Waals surface area contributed by atoms with Crippen molar-refractivity contribution < 1.29 is 24.2 Å². The summed E-state index contributed by atoms with van der Waals surface area (Å²) >= 11 is 0. The van der Waals surface area contributed by atoms with E-state index in [-0.39, 0.29) is 30.2 Å². The molecule has 1 unspecified atom stereocenters. The normalized spacial score (nSPS) is 32.5. The Kier molecular flexibility index (Phi) is 7.94. The first-order valence-electron chi connectivity index (χ1n) is 15.3. The predicted octanol–water partition coefficient (Wildman–Crippen LogP) is 3.78. The minimum atomic E-state index is -1.34. The van der Waals surface area contributed by atoms with Gasteiger partial charge in [-0.05, 0) is 49.8 Å². The van der Waals surface area contributed by atoms with E-state index in [4.69, 9.17) is 4.74 Å². The predicted molar refractivity (Wildman–Crippen MR) is 158 cm³/mol. The minimum absolute atomic E-state index is 0.0636. The summed E-state index contributed by atoms with van der Waals surface area (Å²) in [5, 5.41) is 10.7. The lowest BCUT2D eigenvalue weighted by atomic mass is 9.73. The summed E-state index contributed by atoms with van der Waals surface area (Å²) in [6.07, 6.45) is 9.78. The van der Waals surface area contributed by atoms with Gasteiger partial charge in [-0.3, -0.25) is 14.4 Å². The molecule has 1 spiro atoms. The van der Waals surface area contributed by atoms with E-state index in [0.29, 0.717) is 26.1 Å². The van der Waals surface area contributed by atoms with Crippen molar-refractivity contribution in [1.82, 2.24) is 9.80 Å². The van der Waals surface area contributed by atoms with E-state index in [1.165, 1.54) is 0 Å². The van der Waals surface area contributed by atoms with Gasteiger partial charge in [0.1, 0.15) is 11.6 Å². The highest BCUT2D eigenvalue weighted by Crippen LogP contribution is 2.59. The maximum atomic E-state index is 14.8. The number of ether oxygens (including phenoxy) is 1. The van der Waals surface area contributed by atoms with E-state index in [9.17, 15) is 19.5 Å². The van der Waals surface area contributed by atoms with Crippen molar-refractivity contribution in [3.8, 4) is 0 Å². The third-order valence-corrected chi connectivity index (χ3v) is 9.96. The van der Waals surface area contributed by atoms with Crippen LogP contribution in [-0.4, -0.2) is 82.2 Å². The van der Waals surface area contributed by atoms with Gasteiger partial charge >= 0.3 is 0 Å². The summed E-state index contributed by atoms with van der Waals surface area (Å²) in [5.41, 5.74) is 0.435. The molecule has 2 saturated heterocycles. The zero-order valence-corrected chi connectivity index (χ0v) is 25.3. The fourth-order valence-corrected chi connectivity index (χ4v) is 7.62. The number of benzene rings is 1. The van der Waals surface area contributed by atoms with Crippen LogP contribution in [0, 0.1) is 31.6 Å². The number of aryl methyl sites for hydroxylation is 2. The van der Waals surface area contributed by atoms with Gasteiger partial charge < -0.3 is 24.5 Å². The third-order valence-electron chi connectivity index (χ3n) is 9.96. The largest absolute Gasteiger partial charge is 0.394 e. The first-order valence-corrected chi connectivity index (χ1v) is 15.3. The van der Waals surface area contributed by atoms with Crippen molar-refractivity contribution in [2.24, 2.45) is 17.8 Å². The molecule has 8 heteroatoms. The molecule has 1 aromatic rings. The summed E-state index contributed by atoms with van der Waals surface area (Å²) in [6.45, 7) is 13.1. The summed E-state index contributed by atoms with van der Waals surface area (Å²) in [5.74, 6) is -2.33. The van der Waals surface area contributed by atoms with Crippen LogP contribution in [0.2, 0.25) is 0 Å². The highest BCUT2D eigenvalue weighted by molar-refractivity contribution is 6.06. The van der Waals surface area contributed by atoms with E-state index < -0.39 is 35.1 Å². The number of carbonyl (C=O) groups is 3. The molecule has 5 rings (SSSR count). The Bertz CT molecular complexity index is 1280. The van der Waals surface area contributed by atoms with Gasteiger partial charge in [0.15, 0.2) is 0 Å². The van der Waals surface area contributed by atoms with E-state index in [1.807, 2.05) is 88.9 Å². The molecule has 222 valence electrons. The monoisotopic (exact) mass is 563 g/mol. The molecule has 0 radical (unpaired) electrons. The number of anilines is 1. The van der Waals surface area contributed by atoms with E-state index >= 15 is 0 Å². The van der Waals surface area contributed by atoms with Crippen LogP contribution in [0.1, 0.15) is 58.1 Å². The zero-order chi connectivity index (χ0) is 29.7. The Hall–Kier alpha value is -2.97. The summed E-state index contributed by atoms with van der Waals surface area (Å²) in [4.78, 5) is 49.0. The highest BCUT2D eigenvalue weighted by Gasteiger charge is 2.76. The van der Waals surface area contributed by atoms with Crippen molar-refractivity contribution in [1.29, 1.82) is 0 Å². The van der Waals surface area contributed by atoms with Crippen molar-refractivity contribution in [2.75, 3.05) is 31.1 Å². The second-order valence-corrected chi connectivity index (χ2v) is 12.3. The molecule has 2 fully saturated rings. The Balaban J connectivity index is 1.72. The van der Waals surface area contributed by atoms with Crippen LogP contribution in [-0.2, 0) is 19.1 Å². The fraction of sp³-hybridized carbons (Fsp3) is 0.606. The average molecular weight is 564 g/mol. The second-order valence-electron chi connectivity index (χ2n) is 12.3. The van der Waals surface area contributed by atoms with Gasteiger partial charge in [-0.1, -0.05) is 70.6 Å². The SMILES string of the molecule is CCCN1CC=C[C@@]2(CC)O[C@]34C=CCN(c5cc(C)ccc5C)C(=O)C3N([C@@H](CO)[C@@H](C)CC)C(=O)[C@@H]4[C@H]2C1=O. The molecular weight excluding hydrogens is 518 g/mol. The maximum absolute atomic E-state index is 14.8. The number of aliphatic hydroxyl groups is 1. The summed E-state index contributed by atoms with van der Waals surface area (Å²) in [6, 6.07) is 4.42. The van der Waals surface area contributed by atoms with E-state index in [2.05, 4.69) is 0 Å². The fourth-order valence-electron chi connectivity index (χ4n) is 7.62. The number of aliphatic hydroxyl groups excluding tert-OH is 1. The molecule has 1 N–H and O–H groups in total.